The summed E-state index contributed by atoms with van der Waals surface area (Å²) >= 11 is 6.03. The summed E-state index contributed by atoms with van der Waals surface area (Å²) in [5.41, 5.74) is 8.53. The lowest BCUT2D eigenvalue weighted by Crippen LogP contribution is -2.02. The molecular weight excluding hydrogens is 284 g/mol. The largest absolute Gasteiger partial charge is 0.439 e. The van der Waals surface area contributed by atoms with E-state index in [0.717, 1.165) is 22.0 Å². The van der Waals surface area contributed by atoms with Crippen LogP contribution in [0.3, 0.4) is 0 Å². The van der Waals surface area contributed by atoms with Crippen molar-refractivity contribution in [2.75, 3.05) is 0 Å². The summed E-state index contributed by atoms with van der Waals surface area (Å²) < 4.78 is 5.89. The zero-order chi connectivity index (χ0) is 14.8. The summed E-state index contributed by atoms with van der Waals surface area (Å²) in [6, 6.07) is 15.4. The van der Waals surface area contributed by atoms with E-state index in [-0.39, 0.29) is 0 Å². The van der Waals surface area contributed by atoms with Gasteiger partial charge in [-0.3, -0.25) is 0 Å². The van der Waals surface area contributed by atoms with Crippen molar-refractivity contribution in [1.29, 1.82) is 0 Å². The Labute approximate surface area is 128 Å². The number of hydrogen-bond donors (Lipinski definition) is 1. The standard InChI is InChI=1S/C17H15ClN2O/c1-11-8-14(6-7-15(11)18)21-17-13(10-19)9-12-4-2-3-5-16(12)20-17/h2-9H,10,19H2,1H3. The number of aromatic nitrogens is 1. The van der Waals surface area contributed by atoms with E-state index in [2.05, 4.69) is 4.98 Å². The van der Waals surface area contributed by atoms with Gasteiger partial charge in [-0.2, -0.15) is 0 Å². The molecule has 2 aromatic carbocycles. The predicted octanol–water partition coefficient (Wildman–Crippen LogP) is 4.45. The summed E-state index contributed by atoms with van der Waals surface area (Å²) in [6.07, 6.45) is 0. The Morgan fingerprint density at radius 1 is 1.14 bits per heavy atom. The van der Waals surface area contributed by atoms with Crippen LogP contribution in [0.5, 0.6) is 11.6 Å². The van der Waals surface area contributed by atoms with Crippen LogP contribution < -0.4 is 10.5 Å². The van der Waals surface area contributed by atoms with Crippen molar-refractivity contribution < 1.29 is 4.74 Å². The van der Waals surface area contributed by atoms with Crippen molar-refractivity contribution in [2.45, 2.75) is 13.5 Å². The van der Waals surface area contributed by atoms with Crippen LogP contribution >= 0.6 is 11.6 Å². The number of para-hydroxylation sites is 1. The monoisotopic (exact) mass is 298 g/mol. The van der Waals surface area contributed by atoms with Gasteiger partial charge in [0.1, 0.15) is 5.75 Å². The Kier molecular flexibility index (Phi) is 3.78. The second-order valence-electron chi connectivity index (χ2n) is 4.86. The van der Waals surface area contributed by atoms with Gasteiger partial charge in [-0.1, -0.05) is 29.8 Å². The first kappa shape index (κ1) is 13.9. The van der Waals surface area contributed by atoms with Gasteiger partial charge in [-0.05, 0) is 42.8 Å². The smallest absolute Gasteiger partial charge is 0.224 e. The van der Waals surface area contributed by atoms with Gasteiger partial charge in [0.15, 0.2) is 0 Å². The lowest BCUT2D eigenvalue weighted by molar-refractivity contribution is 0.458. The molecule has 0 fully saturated rings. The fraction of sp³-hybridized carbons (Fsp3) is 0.118. The molecule has 2 N–H and O–H groups in total. The maximum atomic E-state index is 6.03. The molecule has 1 aromatic heterocycles. The van der Waals surface area contributed by atoms with Crippen molar-refractivity contribution in [3.8, 4) is 11.6 Å². The van der Waals surface area contributed by atoms with Crippen molar-refractivity contribution in [1.82, 2.24) is 4.98 Å². The zero-order valence-electron chi connectivity index (χ0n) is 11.6. The van der Waals surface area contributed by atoms with E-state index in [9.17, 15) is 0 Å². The molecule has 0 aliphatic heterocycles. The Balaban J connectivity index is 2.04. The summed E-state index contributed by atoms with van der Waals surface area (Å²) in [5, 5.41) is 1.77. The lowest BCUT2D eigenvalue weighted by Gasteiger charge is -2.11. The third-order valence-corrected chi connectivity index (χ3v) is 3.75. The molecule has 0 saturated carbocycles. The minimum atomic E-state index is 0.375. The Bertz CT molecular complexity index is 802. The highest BCUT2D eigenvalue weighted by atomic mass is 35.5. The molecule has 4 heteroatoms. The van der Waals surface area contributed by atoms with Gasteiger partial charge in [0.25, 0.3) is 0 Å². The highest BCUT2D eigenvalue weighted by molar-refractivity contribution is 6.31. The van der Waals surface area contributed by atoms with Crippen LogP contribution in [0.1, 0.15) is 11.1 Å². The molecule has 106 valence electrons. The van der Waals surface area contributed by atoms with Gasteiger partial charge in [0.2, 0.25) is 5.88 Å². The molecule has 0 amide bonds. The molecule has 0 aliphatic rings. The molecule has 0 unspecified atom stereocenters. The third kappa shape index (κ3) is 2.84. The molecule has 3 aromatic rings. The average molecular weight is 299 g/mol. The lowest BCUT2D eigenvalue weighted by atomic mass is 10.1. The van der Waals surface area contributed by atoms with Crippen LogP contribution in [0, 0.1) is 6.92 Å². The van der Waals surface area contributed by atoms with Crippen LogP contribution in [0.15, 0.2) is 48.5 Å². The van der Waals surface area contributed by atoms with E-state index >= 15 is 0 Å². The topological polar surface area (TPSA) is 48.1 Å². The molecule has 21 heavy (non-hydrogen) atoms. The van der Waals surface area contributed by atoms with Crippen LogP contribution in [-0.2, 0) is 6.54 Å². The molecule has 0 radical (unpaired) electrons. The summed E-state index contributed by atoms with van der Waals surface area (Å²) in [5.74, 6) is 1.24. The quantitative estimate of drug-likeness (QED) is 0.777. The van der Waals surface area contributed by atoms with E-state index in [1.54, 1.807) is 0 Å². The van der Waals surface area contributed by atoms with Crippen molar-refractivity contribution in [2.24, 2.45) is 5.73 Å². The van der Waals surface area contributed by atoms with Gasteiger partial charge < -0.3 is 10.5 Å². The number of pyridine rings is 1. The highest BCUT2D eigenvalue weighted by Gasteiger charge is 2.09. The van der Waals surface area contributed by atoms with Crippen LogP contribution in [0.25, 0.3) is 10.9 Å². The molecule has 0 spiro atoms. The van der Waals surface area contributed by atoms with E-state index in [4.69, 9.17) is 22.1 Å². The molecule has 0 saturated heterocycles. The number of ether oxygens (including phenoxy) is 1. The Hall–Kier alpha value is -2.10. The van der Waals surface area contributed by atoms with E-state index in [0.29, 0.717) is 23.2 Å². The second-order valence-corrected chi connectivity index (χ2v) is 5.27. The van der Waals surface area contributed by atoms with Crippen molar-refractivity contribution in [3.63, 3.8) is 0 Å². The molecule has 0 bridgehead atoms. The van der Waals surface area contributed by atoms with Gasteiger partial charge in [-0.25, -0.2) is 4.98 Å². The fourth-order valence-corrected chi connectivity index (χ4v) is 2.29. The highest BCUT2D eigenvalue weighted by Crippen LogP contribution is 2.29. The number of hydrogen-bond acceptors (Lipinski definition) is 3. The summed E-state index contributed by atoms with van der Waals surface area (Å²) in [7, 11) is 0. The zero-order valence-corrected chi connectivity index (χ0v) is 12.4. The number of nitrogens with two attached hydrogens (primary N) is 1. The van der Waals surface area contributed by atoms with Crippen molar-refractivity contribution in [3.05, 3.63) is 64.7 Å². The molecule has 1 heterocycles. The average Bonchev–Trinajstić information content (AvgIpc) is 2.50. The first-order chi connectivity index (χ1) is 10.2. The van der Waals surface area contributed by atoms with E-state index in [1.807, 2.05) is 55.5 Å². The van der Waals surface area contributed by atoms with Crippen molar-refractivity contribution >= 4 is 22.5 Å². The molecule has 0 atom stereocenters. The van der Waals surface area contributed by atoms with Gasteiger partial charge in [0, 0.05) is 22.5 Å². The normalized spacial score (nSPS) is 10.8. The predicted molar refractivity (Wildman–Crippen MR) is 85.9 cm³/mol. The van der Waals surface area contributed by atoms with Gasteiger partial charge in [-0.15, -0.1) is 0 Å². The number of fused-ring (bicyclic) bond motifs is 1. The fourth-order valence-electron chi connectivity index (χ4n) is 2.17. The number of benzene rings is 2. The number of halogens is 1. The number of nitrogens with zero attached hydrogens (tertiary/aromatic N) is 1. The summed E-state index contributed by atoms with van der Waals surface area (Å²) in [6.45, 7) is 2.31. The van der Waals surface area contributed by atoms with E-state index < -0.39 is 0 Å². The Morgan fingerprint density at radius 2 is 1.95 bits per heavy atom. The summed E-state index contributed by atoms with van der Waals surface area (Å²) in [4.78, 5) is 4.56. The number of aryl methyl sites for hydroxylation is 1. The minimum absolute atomic E-state index is 0.375. The van der Waals surface area contributed by atoms with Crippen LogP contribution in [0.4, 0.5) is 0 Å². The second kappa shape index (κ2) is 5.72. The first-order valence-electron chi connectivity index (χ1n) is 6.70. The van der Waals surface area contributed by atoms with Crippen LogP contribution in [-0.4, -0.2) is 4.98 Å². The molecule has 3 nitrogen and oxygen atoms in total. The molecular formula is C17H15ClN2O. The molecule has 3 rings (SSSR count). The maximum Gasteiger partial charge on any atom is 0.224 e. The van der Waals surface area contributed by atoms with Gasteiger partial charge in [0.05, 0.1) is 5.52 Å². The van der Waals surface area contributed by atoms with Crippen LogP contribution in [0.2, 0.25) is 5.02 Å². The molecule has 0 aliphatic carbocycles. The Morgan fingerprint density at radius 3 is 2.71 bits per heavy atom. The van der Waals surface area contributed by atoms with Gasteiger partial charge >= 0.3 is 0 Å². The van der Waals surface area contributed by atoms with E-state index in [1.165, 1.54) is 0 Å². The minimum Gasteiger partial charge on any atom is -0.439 e. The number of rotatable bonds is 3. The maximum absolute atomic E-state index is 6.03. The SMILES string of the molecule is Cc1cc(Oc2nc3ccccc3cc2CN)ccc1Cl. The third-order valence-electron chi connectivity index (χ3n) is 3.33. The first-order valence-corrected chi connectivity index (χ1v) is 7.08.